The number of hydrogen-bond donors (Lipinski definition) is 2. The highest BCUT2D eigenvalue weighted by atomic mass is 16.5. The first kappa shape index (κ1) is 18.9. The van der Waals surface area contributed by atoms with Gasteiger partial charge in [-0.05, 0) is 32.7 Å². The molecule has 0 aromatic rings. The van der Waals surface area contributed by atoms with Crippen LogP contribution in [0.15, 0.2) is 0 Å². The first-order chi connectivity index (χ1) is 9.18. The average molecular weight is 273 g/mol. The molecule has 3 heteroatoms. The number of rotatable bonds is 14. The van der Waals surface area contributed by atoms with Crippen molar-refractivity contribution in [3.05, 3.63) is 0 Å². The van der Waals surface area contributed by atoms with Crippen LogP contribution in [0, 0.1) is 0 Å². The Morgan fingerprint density at radius 2 is 1.58 bits per heavy atom. The van der Waals surface area contributed by atoms with E-state index >= 15 is 0 Å². The summed E-state index contributed by atoms with van der Waals surface area (Å²) in [5.74, 6) is 0. The number of nitrogens with one attached hydrogen (secondary N) is 1. The van der Waals surface area contributed by atoms with Crippen molar-refractivity contribution < 1.29 is 9.84 Å². The lowest BCUT2D eigenvalue weighted by atomic mass is 9.97. The molecule has 0 spiro atoms. The zero-order valence-electron chi connectivity index (χ0n) is 13.3. The third-order valence-corrected chi connectivity index (χ3v) is 3.61. The summed E-state index contributed by atoms with van der Waals surface area (Å²) >= 11 is 0. The summed E-state index contributed by atoms with van der Waals surface area (Å²) < 4.78 is 5.65. The summed E-state index contributed by atoms with van der Waals surface area (Å²) in [6.45, 7) is 9.19. The maximum absolute atomic E-state index is 9.36. The van der Waals surface area contributed by atoms with Gasteiger partial charge in [-0.2, -0.15) is 0 Å². The molecule has 0 rings (SSSR count). The topological polar surface area (TPSA) is 41.5 Å². The van der Waals surface area contributed by atoms with E-state index in [1.807, 2.05) is 0 Å². The Hall–Kier alpha value is -0.120. The van der Waals surface area contributed by atoms with Crippen LogP contribution in [0.1, 0.15) is 72.1 Å². The minimum absolute atomic E-state index is 0.141. The van der Waals surface area contributed by atoms with Gasteiger partial charge in [0.2, 0.25) is 0 Å². The molecule has 0 radical (unpaired) electrons. The fourth-order valence-corrected chi connectivity index (χ4v) is 2.30. The molecule has 3 nitrogen and oxygen atoms in total. The van der Waals surface area contributed by atoms with E-state index in [1.54, 1.807) is 0 Å². The van der Waals surface area contributed by atoms with Gasteiger partial charge in [-0.15, -0.1) is 0 Å². The minimum atomic E-state index is -0.141. The van der Waals surface area contributed by atoms with Gasteiger partial charge in [0.1, 0.15) is 0 Å². The van der Waals surface area contributed by atoms with Gasteiger partial charge < -0.3 is 15.2 Å². The molecule has 1 atom stereocenters. The Labute approximate surface area is 120 Å². The zero-order chi connectivity index (χ0) is 14.4. The van der Waals surface area contributed by atoms with E-state index in [2.05, 4.69) is 26.1 Å². The van der Waals surface area contributed by atoms with E-state index in [1.165, 1.54) is 38.5 Å². The molecule has 0 saturated carbocycles. The third-order valence-electron chi connectivity index (χ3n) is 3.61. The van der Waals surface area contributed by atoms with E-state index in [0.717, 1.165) is 32.6 Å². The molecule has 0 aliphatic rings. The predicted octanol–water partition coefficient (Wildman–Crippen LogP) is 3.50. The molecule has 0 amide bonds. The molecule has 2 N–H and O–H groups in total. The summed E-state index contributed by atoms with van der Waals surface area (Å²) in [5.41, 5.74) is -0.141. The number of hydrogen-bond acceptors (Lipinski definition) is 3. The number of unbranched alkanes of at least 4 members (excludes halogenated alkanes) is 5. The monoisotopic (exact) mass is 273 g/mol. The second-order valence-electron chi connectivity index (χ2n) is 5.73. The number of aliphatic hydroxyl groups is 1. The molecular formula is C16H35NO2. The number of aliphatic hydroxyl groups excluding tert-OH is 1. The number of ether oxygens (including phenoxy) is 1. The Balaban J connectivity index is 3.30. The fourth-order valence-electron chi connectivity index (χ4n) is 2.30. The second kappa shape index (κ2) is 12.9. The SMILES string of the molecule is CCCCCCCCOCCCC(C)(CO)NCC. The molecule has 0 aromatic carbocycles. The van der Waals surface area contributed by atoms with Gasteiger partial charge in [0.15, 0.2) is 0 Å². The van der Waals surface area contributed by atoms with Crippen molar-refractivity contribution in [2.24, 2.45) is 0 Å². The lowest BCUT2D eigenvalue weighted by Gasteiger charge is -2.28. The van der Waals surface area contributed by atoms with Gasteiger partial charge in [-0.25, -0.2) is 0 Å². The van der Waals surface area contributed by atoms with Gasteiger partial charge in [0.05, 0.1) is 6.61 Å². The highest BCUT2D eigenvalue weighted by molar-refractivity contribution is 4.81. The first-order valence-electron chi connectivity index (χ1n) is 8.12. The van der Waals surface area contributed by atoms with Crippen molar-refractivity contribution in [2.45, 2.75) is 77.7 Å². The molecule has 0 fully saturated rings. The van der Waals surface area contributed by atoms with Crippen LogP contribution in [0.4, 0.5) is 0 Å². The van der Waals surface area contributed by atoms with Crippen molar-refractivity contribution >= 4 is 0 Å². The van der Waals surface area contributed by atoms with E-state index in [9.17, 15) is 5.11 Å². The molecule has 0 aliphatic heterocycles. The van der Waals surface area contributed by atoms with Crippen LogP contribution >= 0.6 is 0 Å². The summed E-state index contributed by atoms with van der Waals surface area (Å²) in [6, 6.07) is 0. The summed E-state index contributed by atoms with van der Waals surface area (Å²) in [4.78, 5) is 0. The average Bonchev–Trinajstić information content (AvgIpc) is 2.41. The summed E-state index contributed by atoms with van der Waals surface area (Å²) in [6.07, 6.45) is 9.86. The maximum atomic E-state index is 9.36. The first-order valence-corrected chi connectivity index (χ1v) is 8.12. The molecule has 0 saturated heterocycles. The largest absolute Gasteiger partial charge is 0.394 e. The van der Waals surface area contributed by atoms with Crippen LogP contribution in [0.3, 0.4) is 0 Å². The van der Waals surface area contributed by atoms with Crippen LogP contribution in [0.25, 0.3) is 0 Å². The molecule has 0 heterocycles. The van der Waals surface area contributed by atoms with Crippen LogP contribution in [-0.2, 0) is 4.74 Å². The van der Waals surface area contributed by atoms with Gasteiger partial charge in [0, 0.05) is 18.8 Å². The van der Waals surface area contributed by atoms with Crippen LogP contribution in [-0.4, -0.2) is 37.0 Å². The third kappa shape index (κ3) is 11.4. The lowest BCUT2D eigenvalue weighted by molar-refractivity contribution is 0.108. The predicted molar refractivity (Wildman–Crippen MR) is 82.6 cm³/mol. The summed E-state index contributed by atoms with van der Waals surface area (Å²) in [7, 11) is 0. The highest BCUT2D eigenvalue weighted by Crippen LogP contribution is 2.11. The Morgan fingerprint density at radius 1 is 0.947 bits per heavy atom. The molecule has 1 unspecified atom stereocenters. The number of likely N-dealkylation sites (N-methyl/N-ethyl adjacent to an activating group) is 1. The molecule has 0 bridgehead atoms. The Morgan fingerprint density at radius 3 is 2.21 bits per heavy atom. The van der Waals surface area contributed by atoms with Crippen molar-refractivity contribution in [1.82, 2.24) is 5.32 Å². The van der Waals surface area contributed by atoms with Crippen molar-refractivity contribution in [1.29, 1.82) is 0 Å². The van der Waals surface area contributed by atoms with Crippen molar-refractivity contribution in [2.75, 3.05) is 26.4 Å². The van der Waals surface area contributed by atoms with Crippen LogP contribution < -0.4 is 5.32 Å². The zero-order valence-corrected chi connectivity index (χ0v) is 13.3. The van der Waals surface area contributed by atoms with Gasteiger partial charge in [-0.3, -0.25) is 0 Å². The highest BCUT2D eigenvalue weighted by Gasteiger charge is 2.20. The van der Waals surface area contributed by atoms with E-state index in [-0.39, 0.29) is 12.1 Å². The van der Waals surface area contributed by atoms with E-state index < -0.39 is 0 Å². The Bertz CT molecular complexity index is 188. The molecule has 0 aromatic heterocycles. The van der Waals surface area contributed by atoms with E-state index in [0.29, 0.717) is 0 Å². The van der Waals surface area contributed by atoms with Crippen molar-refractivity contribution in [3.63, 3.8) is 0 Å². The lowest BCUT2D eigenvalue weighted by Crippen LogP contribution is -2.45. The minimum Gasteiger partial charge on any atom is -0.394 e. The molecule has 116 valence electrons. The molecular weight excluding hydrogens is 238 g/mol. The van der Waals surface area contributed by atoms with Gasteiger partial charge in [0.25, 0.3) is 0 Å². The Kier molecular flexibility index (Phi) is 12.8. The quantitative estimate of drug-likeness (QED) is 0.476. The fraction of sp³-hybridized carbons (Fsp3) is 1.00. The smallest absolute Gasteiger partial charge is 0.0610 e. The van der Waals surface area contributed by atoms with Crippen LogP contribution in [0.2, 0.25) is 0 Å². The van der Waals surface area contributed by atoms with Crippen LogP contribution in [0.5, 0.6) is 0 Å². The van der Waals surface area contributed by atoms with Crippen molar-refractivity contribution in [3.8, 4) is 0 Å². The second-order valence-corrected chi connectivity index (χ2v) is 5.73. The summed E-state index contributed by atoms with van der Waals surface area (Å²) in [5, 5.41) is 12.7. The molecule has 19 heavy (non-hydrogen) atoms. The van der Waals surface area contributed by atoms with E-state index in [4.69, 9.17) is 4.74 Å². The van der Waals surface area contributed by atoms with Gasteiger partial charge >= 0.3 is 0 Å². The normalized spacial score (nSPS) is 14.5. The van der Waals surface area contributed by atoms with Gasteiger partial charge in [-0.1, -0.05) is 46.0 Å². The standard InChI is InChI=1S/C16H35NO2/c1-4-6-7-8-9-10-13-19-14-11-12-16(3,15-18)17-5-2/h17-18H,4-15H2,1-3H3. The molecule has 0 aliphatic carbocycles. The maximum Gasteiger partial charge on any atom is 0.0610 e.